The average molecular weight is 258 g/mol. The number of hydrogen-bond acceptors (Lipinski definition) is 4. The van der Waals surface area contributed by atoms with Gasteiger partial charge in [0.25, 0.3) is 0 Å². The Kier molecular flexibility index (Phi) is 9.64. The van der Waals surface area contributed by atoms with Crippen molar-refractivity contribution in [3.63, 3.8) is 0 Å². The molecule has 0 aromatic rings. The molecule has 0 radical (unpaired) electrons. The summed E-state index contributed by atoms with van der Waals surface area (Å²) in [5.41, 5.74) is 0. The van der Waals surface area contributed by atoms with E-state index < -0.39 is 0 Å². The molecule has 0 spiro atoms. The van der Waals surface area contributed by atoms with E-state index in [4.69, 9.17) is 0 Å². The highest BCUT2D eigenvalue weighted by molar-refractivity contribution is 4.62. The second-order valence-electron chi connectivity index (χ2n) is 5.98. The lowest BCUT2D eigenvalue weighted by Gasteiger charge is -2.26. The van der Waals surface area contributed by atoms with Gasteiger partial charge in [-0.25, -0.2) is 0 Å². The molecule has 110 valence electrons. The van der Waals surface area contributed by atoms with Crippen molar-refractivity contribution in [2.24, 2.45) is 0 Å². The van der Waals surface area contributed by atoms with Gasteiger partial charge < -0.3 is 19.6 Å². The van der Waals surface area contributed by atoms with Gasteiger partial charge >= 0.3 is 0 Å². The normalized spacial score (nSPS) is 12.7. The first-order valence-electron chi connectivity index (χ1n) is 7.05. The van der Waals surface area contributed by atoms with E-state index in [0.717, 1.165) is 39.3 Å². The van der Waals surface area contributed by atoms with Gasteiger partial charge in [-0.3, -0.25) is 0 Å². The highest BCUT2D eigenvalue weighted by atomic mass is 15.2. The van der Waals surface area contributed by atoms with E-state index in [1.165, 1.54) is 0 Å². The van der Waals surface area contributed by atoms with Crippen LogP contribution in [0.4, 0.5) is 0 Å². The molecular formula is C14H34N4. The molecule has 0 fully saturated rings. The van der Waals surface area contributed by atoms with Crippen molar-refractivity contribution in [1.29, 1.82) is 0 Å². The molecule has 0 rings (SSSR count). The molecule has 0 saturated carbocycles. The molecule has 0 aliphatic rings. The monoisotopic (exact) mass is 258 g/mol. The molecule has 0 heterocycles. The molecule has 0 bridgehead atoms. The topological polar surface area (TPSA) is 13.0 Å². The molecule has 0 atom stereocenters. The standard InChI is InChI=1S/C14H34N4/c1-14(2)18(7)13-12-17(6)11-10-16(5)9-8-15(3)4/h14H,8-13H2,1-7H3. The summed E-state index contributed by atoms with van der Waals surface area (Å²) in [5.74, 6) is 0. The van der Waals surface area contributed by atoms with Gasteiger partial charge in [0, 0.05) is 45.3 Å². The molecule has 0 aromatic carbocycles. The van der Waals surface area contributed by atoms with Crippen molar-refractivity contribution in [1.82, 2.24) is 19.6 Å². The minimum Gasteiger partial charge on any atom is -0.308 e. The molecule has 4 heteroatoms. The van der Waals surface area contributed by atoms with Crippen LogP contribution in [0.15, 0.2) is 0 Å². The van der Waals surface area contributed by atoms with E-state index in [-0.39, 0.29) is 0 Å². The molecular weight excluding hydrogens is 224 g/mol. The fourth-order valence-corrected chi connectivity index (χ4v) is 1.52. The van der Waals surface area contributed by atoms with Crippen LogP contribution >= 0.6 is 0 Å². The molecule has 0 saturated heterocycles. The van der Waals surface area contributed by atoms with E-state index >= 15 is 0 Å². The molecule has 4 nitrogen and oxygen atoms in total. The van der Waals surface area contributed by atoms with Crippen LogP contribution in [0.2, 0.25) is 0 Å². The zero-order chi connectivity index (χ0) is 14.1. The van der Waals surface area contributed by atoms with Crippen LogP contribution in [-0.2, 0) is 0 Å². The summed E-state index contributed by atoms with van der Waals surface area (Å²) in [4.78, 5) is 9.46. The molecule has 0 amide bonds. The SMILES string of the molecule is CC(C)N(C)CCN(C)CCN(C)CCN(C)C. The van der Waals surface area contributed by atoms with Gasteiger partial charge in [0.2, 0.25) is 0 Å². The third kappa shape index (κ3) is 9.83. The van der Waals surface area contributed by atoms with Crippen LogP contribution in [0, 0.1) is 0 Å². The van der Waals surface area contributed by atoms with Crippen molar-refractivity contribution < 1.29 is 0 Å². The minimum absolute atomic E-state index is 0.640. The van der Waals surface area contributed by atoms with Gasteiger partial charge in [-0.15, -0.1) is 0 Å². The summed E-state index contributed by atoms with van der Waals surface area (Å²) >= 11 is 0. The molecule has 0 aliphatic carbocycles. The lowest BCUT2D eigenvalue weighted by atomic mass is 10.3. The van der Waals surface area contributed by atoms with Crippen LogP contribution < -0.4 is 0 Å². The van der Waals surface area contributed by atoms with E-state index in [1.54, 1.807) is 0 Å². The summed E-state index contributed by atoms with van der Waals surface area (Å²) < 4.78 is 0. The van der Waals surface area contributed by atoms with Crippen LogP contribution in [0.3, 0.4) is 0 Å². The summed E-state index contributed by atoms with van der Waals surface area (Å²) in [5, 5.41) is 0. The second kappa shape index (κ2) is 9.73. The Labute approximate surface area is 115 Å². The van der Waals surface area contributed by atoms with Gasteiger partial charge in [-0.1, -0.05) is 0 Å². The molecule has 0 aromatic heterocycles. The van der Waals surface area contributed by atoms with E-state index in [1.807, 2.05) is 0 Å². The van der Waals surface area contributed by atoms with E-state index in [2.05, 4.69) is 68.7 Å². The first-order valence-corrected chi connectivity index (χ1v) is 7.05. The highest BCUT2D eigenvalue weighted by Crippen LogP contribution is 1.94. The maximum absolute atomic E-state index is 2.42. The molecule has 0 N–H and O–H groups in total. The van der Waals surface area contributed by atoms with Crippen LogP contribution in [-0.4, -0.2) is 100 Å². The summed E-state index contributed by atoms with van der Waals surface area (Å²) in [7, 11) is 10.9. The molecule has 0 unspecified atom stereocenters. The van der Waals surface area contributed by atoms with E-state index in [0.29, 0.717) is 6.04 Å². The number of likely N-dealkylation sites (N-methyl/N-ethyl adjacent to an activating group) is 4. The third-order valence-corrected chi connectivity index (χ3v) is 3.51. The quantitative estimate of drug-likeness (QED) is 0.573. The zero-order valence-corrected chi connectivity index (χ0v) is 13.6. The molecule has 18 heavy (non-hydrogen) atoms. The van der Waals surface area contributed by atoms with Crippen LogP contribution in [0.1, 0.15) is 13.8 Å². The van der Waals surface area contributed by atoms with Crippen LogP contribution in [0.5, 0.6) is 0 Å². The van der Waals surface area contributed by atoms with Gasteiger partial charge in [0.1, 0.15) is 0 Å². The Bertz CT molecular complexity index is 194. The fourth-order valence-electron chi connectivity index (χ4n) is 1.52. The lowest BCUT2D eigenvalue weighted by molar-refractivity contribution is 0.202. The first kappa shape index (κ1) is 17.8. The Morgan fingerprint density at radius 1 is 0.611 bits per heavy atom. The van der Waals surface area contributed by atoms with Gasteiger partial charge in [-0.2, -0.15) is 0 Å². The maximum atomic E-state index is 2.42. The van der Waals surface area contributed by atoms with Crippen molar-refractivity contribution in [2.45, 2.75) is 19.9 Å². The predicted octanol–water partition coefficient (Wildman–Crippen LogP) is 0.752. The summed E-state index contributed by atoms with van der Waals surface area (Å²) in [6.45, 7) is 11.4. The van der Waals surface area contributed by atoms with Crippen molar-refractivity contribution in [2.75, 3.05) is 74.5 Å². The van der Waals surface area contributed by atoms with Crippen LogP contribution in [0.25, 0.3) is 0 Å². The number of nitrogens with zero attached hydrogens (tertiary/aromatic N) is 4. The molecule has 0 aliphatic heterocycles. The second-order valence-corrected chi connectivity index (χ2v) is 5.98. The number of hydrogen-bond donors (Lipinski definition) is 0. The van der Waals surface area contributed by atoms with Crippen molar-refractivity contribution >= 4 is 0 Å². The zero-order valence-electron chi connectivity index (χ0n) is 13.6. The van der Waals surface area contributed by atoms with Gasteiger partial charge in [0.15, 0.2) is 0 Å². The third-order valence-electron chi connectivity index (χ3n) is 3.51. The average Bonchev–Trinajstić information content (AvgIpc) is 2.30. The van der Waals surface area contributed by atoms with E-state index in [9.17, 15) is 0 Å². The Morgan fingerprint density at radius 2 is 1.00 bits per heavy atom. The predicted molar refractivity (Wildman–Crippen MR) is 81.3 cm³/mol. The summed E-state index contributed by atoms with van der Waals surface area (Å²) in [6, 6.07) is 0.640. The Hall–Kier alpha value is -0.160. The first-order chi connectivity index (χ1) is 8.32. The van der Waals surface area contributed by atoms with Crippen molar-refractivity contribution in [3.05, 3.63) is 0 Å². The Morgan fingerprint density at radius 3 is 1.39 bits per heavy atom. The Balaban J connectivity index is 3.60. The smallest absolute Gasteiger partial charge is 0.0109 e. The largest absolute Gasteiger partial charge is 0.308 e. The van der Waals surface area contributed by atoms with Gasteiger partial charge in [0.05, 0.1) is 0 Å². The maximum Gasteiger partial charge on any atom is 0.0109 e. The number of rotatable bonds is 10. The fraction of sp³-hybridized carbons (Fsp3) is 1.00. The van der Waals surface area contributed by atoms with Gasteiger partial charge in [-0.05, 0) is 49.1 Å². The lowest BCUT2D eigenvalue weighted by Crippen LogP contribution is -2.38. The highest BCUT2D eigenvalue weighted by Gasteiger charge is 2.06. The minimum atomic E-state index is 0.640. The van der Waals surface area contributed by atoms with Crippen molar-refractivity contribution in [3.8, 4) is 0 Å². The summed E-state index contributed by atoms with van der Waals surface area (Å²) in [6.07, 6.45) is 0.